The van der Waals surface area contributed by atoms with Gasteiger partial charge in [0.2, 0.25) is 0 Å². The van der Waals surface area contributed by atoms with E-state index >= 15 is 0 Å². The van der Waals surface area contributed by atoms with E-state index in [9.17, 15) is 0 Å². The lowest BCUT2D eigenvalue weighted by Crippen LogP contribution is -2.27. The third kappa shape index (κ3) is 2.77. The minimum atomic E-state index is 0. The third-order valence-electron chi connectivity index (χ3n) is 2.63. The minimum Gasteiger partial charge on any atom is -0.332 e. The highest BCUT2D eigenvalue weighted by molar-refractivity contribution is 5.85. The molecule has 2 aromatic heterocycles. The van der Waals surface area contributed by atoms with Crippen LogP contribution < -0.4 is 5.32 Å². The lowest BCUT2D eigenvalue weighted by molar-refractivity contribution is 0.505. The van der Waals surface area contributed by atoms with Crippen molar-refractivity contribution >= 4 is 24.8 Å². The third-order valence-corrected chi connectivity index (χ3v) is 2.63. The molecule has 0 unspecified atom stereocenters. The maximum Gasteiger partial charge on any atom is 0.123 e. The van der Waals surface area contributed by atoms with Crippen molar-refractivity contribution < 1.29 is 0 Å². The first-order chi connectivity index (χ1) is 7.43. The Balaban J connectivity index is 0.000000722. The second-order valence-corrected chi connectivity index (χ2v) is 3.65. The zero-order chi connectivity index (χ0) is 10.1. The summed E-state index contributed by atoms with van der Waals surface area (Å²) in [7, 11) is 0. The standard InChI is InChI=1S/C11H12N4.2ClH/c1-2-9(6-12-3-1)10-8-15-5-4-13-7-11(15)14-10;;/h1-3,6,8,13H,4-5,7H2;2*1H. The van der Waals surface area contributed by atoms with Crippen LogP contribution in [0.3, 0.4) is 0 Å². The fraction of sp³-hybridized carbons (Fsp3) is 0.273. The summed E-state index contributed by atoms with van der Waals surface area (Å²) in [4.78, 5) is 8.68. The van der Waals surface area contributed by atoms with Crippen LogP contribution >= 0.6 is 24.8 Å². The van der Waals surface area contributed by atoms with Gasteiger partial charge in [-0.3, -0.25) is 4.98 Å². The largest absolute Gasteiger partial charge is 0.332 e. The normalized spacial score (nSPS) is 13.2. The van der Waals surface area contributed by atoms with E-state index in [0.717, 1.165) is 36.7 Å². The fourth-order valence-corrected chi connectivity index (χ4v) is 1.84. The predicted octanol–water partition coefficient (Wildman–Crippen LogP) is 1.89. The SMILES string of the molecule is Cl.Cl.c1cncc(-c2cn3c(n2)CNCC3)c1. The Hall–Kier alpha value is -1.10. The zero-order valence-corrected chi connectivity index (χ0v) is 10.8. The highest BCUT2D eigenvalue weighted by Crippen LogP contribution is 2.18. The van der Waals surface area contributed by atoms with Crippen molar-refractivity contribution in [3.8, 4) is 11.3 Å². The molecular formula is C11H14Cl2N4. The van der Waals surface area contributed by atoms with Gasteiger partial charge in [-0.15, -0.1) is 24.8 Å². The summed E-state index contributed by atoms with van der Waals surface area (Å²) < 4.78 is 2.21. The van der Waals surface area contributed by atoms with Crippen LogP contribution in [-0.2, 0) is 13.1 Å². The van der Waals surface area contributed by atoms with Gasteiger partial charge in [-0.1, -0.05) is 0 Å². The number of halogens is 2. The quantitative estimate of drug-likeness (QED) is 0.862. The molecule has 2 aromatic rings. The molecule has 3 heterocycles. The van der Waals surface area contributed by atoms with Crippen molar-refractivity contribution in [2.24, 2.45) is 0 Å². The van der Waals surface area contributed by atoms with Crippen LogP contribution in [0.5, 0.6) is 0 Å². The average molecular weight is 273 g/mol. The van der Waals surface area contributed by atoms with Gasteiger partial charge in [0, 0.05) is 37.2 Å². The first-order valence-corrected chi connectivity index (χ1v) is 5.10. The van der Waals surface area contributed by atoms with Crippen LogP contribution in [0.25, 0.3) is 11.3 Å². The van der Waals surface area contributed by atoms with Gasteiger partial charge >= 0.3 is 0 Å². The molecule has 4 nitrogen and oxygen atoms in total. The summed E-state index contributed by atoms with van der Waals surface area (Å²) in [6.07, 6.45) is 5.73. The van der Waals surface area contributed by atoms with E-state index in [1.807, 2.05) is 18.3 Å². The molecule has 92 valence electrons. The number of hydrogen-bond acceptors (Lipinski definition) is 3. The van der Waals surface area contributed by atoms with Crippen molar-refractivity contribution in [3.63, 3.8) is 0 Å². The topological polar surface area (TPSA) is 42.7 Å². The van der Waals surface area contributed by atoms with Crippen LogP contribution in [0.4, 0.5) is 0 Å². The molecule has 1 aliphatic rings. The number of rotatable bonds is 1. The molecule has 0 amide bonds. The Bertz CT molecular complexity index is 446. The molecule has 0 radical (unpaired) electrons. The van der Waals surface area contributed by atoms with E-state index in [2.05, 4.69) is 26.0 Å². The Morgan fingerprint density at radius 2 is 2.18 bits per heavy atom. The van der Waals surface area contributed by atoms with Crippen molar-refractivity contribution in [2.75, 3.05) is 6.54 Å². The van der Waals surface area contributed by atoms with Gasteiger partial charge in [0.05, 0.1) is 12.2 Å². The Morgan fingerprint density at radius 3 is 2.88 bits per heavy atom. The van der Waals surface area contributed by atoms with Crippen molar-refractivity contribution in [3.05, 3.63) is 36.5 Å². The Morgan fingerprint density at radius 1 is 1.29 bits per heavy atom. The molecule has 0 aromatic carbocycles. The van der Waals surface area contributed by atoms with Crippen LogP contribution in [0.2, 0.25) is 0 Å². The second-order valence-electron chi connectivity index (χ2n) is 3.65. The van der Waals surface area contributed by atoms with Crippen molar-refractivity contribution in [2.45, 2.75) is 13.1 Å². The molecule has 1 N–H and O–H groups in total. The number of aromatic nitrogens is 3. The van der Waals surface area contributed by atoms with E-state index in [0.29, 0.717) is 0 Å². The van der Waals surface area contributed by atoms with Crippen molar-refractivity contribution in [1.29, 1.82) is 0 Å². The molecule has 1 aliphatic heterocycles. The van der Waals surface area contributed by atoms with Gasteiger partial charge in [-0.2, -0.15) is 0 Å². The van der Waals surface area contributed by atoms with E-state index in [-0.39, 0.29) is 24.8 Å². The number of pyridine rings is 1. The second kappa shape index (κ2) is 6.00. The molecule has 0 spiro atoms. The molecule has 0 fully saturated rings. The highest BCUT2D eigenvalue weighted by Gasteiger charge is 2.12. The maximum atomic E-state index is 4.58. The highest BCUT2D eigenvalue weighted by atomic mass is 35.5. The van der Waals surface area contributed by atoms with Gasteiger partial charge < -0.3 is 9.88 Å². The molecule has 3 rings (SSSR count). The van der Waals surface area contributed by atoms with Gasteiger partial charge in [0.15, 0.2) is 0 Å². The number of nitrogens with zero attached hydrogens (tertiary/aromatic N) is 3. The summed E-state index contributed by atoms with van der Waals surface area (Å²) in [6.45, 7) is 2.89. The lowest BCUT2D eigenvalue weighted by atomic mass is 10.2. The minimum absolute atomic E-state index is 0. The summed E-state index contributed by atoms with van der Waals surface area (Å²) >= 11 is 0. The average Bonchev–Trinajstić information content (AvgIpc) is 2.74. The monoisotopic (exact) mass is 272 g/mol. The van der Waals surface area contributed by atoms with Crippen molar-refractivity contribution in [1.82, 2.24) is 19.9 Å². The number of nitrogens with one attached hydrogen (secondary N) is 1. The fourth-order valence-electron chi connectivity index (χ4n) is 1.84. The number of imidazole rings is 1. The number of fused-ring (bicyclic) bond motifs is 1. The number of hydrogen-bond donors (Lipinski definition) is 1. The van der Waals surface area contributed by atoms with Crippen LogP contribution in [0.15, 0.2) is 30.7 Å². The van der Waals surface area contributed by atoms with Gasteiger partial charge in [0.25, 0.3) is 0 Å². The van der Waals surface area contributed by atoms with E-state index < -0.39 is 0 Å². The lowest BCUT2D eigenvalue weighted by Gasteiger charge is -2.13. The van der Waals surface area contributed by atoms with Gasteiger partial charge in [-0.05, 0) is 12.1 Å². The molecule has 0 saturated carbocycles. The van der Waals surface area contributed by atoms with E-state index in [1.54, 1.807) is 6.20 Å². The van der Waals surface area contributed by atoms with Gasteiger partial charge in [0.1, 0.15) is 5.82 Å². The molecule has 0 bridgehead atoms. The molecule has 0 saturated heterocycles. The first kappa shape index (κ1) is 14.0. The Labute approximate surface area is 112 Å². The van der Waals surface area contributed by atoms with E-state index in [1.165, 1.54) is 0 Å². The van der Waals surface area contributed by atoms with Crippen LogP contribution in [0, 0.1) is 0 Å². The Kier molecular flexibility index (Phi) is 4.93. The molecule has 6 heteroatoms. The first-order valence-electron chi connectivity index (χ1n) is 5.10. The molecule has 0 aliphatic carbocycles. The van der Waals surface area contributed by atoms with Gasteiger partial charge in [-0.25, -0.2) is 4.98 Å². The molecule has 0 atom stereocenters. The summed E-state index contributed by atoms with van der Waals surface area (Å²) in [6, 6.07) is 3.97. The zero-order valence-electron chi connectivity index (χ0n) is 9.17. The van der Waals surface area contributed by atoms with Crippen LogP contribution in [-0.4, -0.2) is 21.1 Å². The smallest absolute Gasteiger partial charge is 0.123 e. The molecular weight excluding hydrogens is 259 g/mol. The summed E-state index contributed by atoms with van der Waals surface area (Å²) in [5, 5.41) is 3.31. The summed E-state index contributed by atoms with van der Waals surface area (Å²) in [5.74, 6) is 1.11. The summed E-state index contributed by atoms with van der Waals surface area (Å²) in [5.41, 5.74) is 2.10. The molecule has 17 heavy (non-hydrogen) atoms. The van der Waals surface area contributed by atoms with Crippen LogP contribution in [0.1, 0.15) is 5.82 Å². The van der Waals surface area contributed by atoms with E-state index in [4.69, 9.17) is 0 Å². The predicted molar refractivity (Wildman–Crippen MR) is 71.7 cm³/mol. The maximum absolute atomic E-state index is 4.58.